The third-order valence-corrected chi connectivity index (χ3v) is 3.14. The number of alkyl halides is 7. The van der Waals surface area contributed by atoms with Gasteiger partial charge in [-0.05, 0) is 0 Å². The molecule has 2 aromatic rings. The first kappa shape index (κ1) is 14.8. The predicted octanol–water partition coefficient (Wildman–Crippen LogP) is 3.05. The van der Waals surface area contributed by atoms with E-state index >= 15 is 0 Å². The minimum absolute atomic E-state index is 0.0423. The minimum atomic E-state index is -6.47. The molecule has 0 N–H and O–H groups in total. The van der Waals surface area contributed by atoms with Gasteiger partial charge in [0.15, 0.2) is 4.96 Å². The van der Waals surface area contributed by atoms with E-state index in [1.165, 1.54) is 0 Å². The minimum Gasteiger partial charge on any atom is -0.290 e. The Bertz CT molecular complexity index is 702. The summed E-state index contributed by atoms with van der Waals surface area (Å²) in [5.74, 6) is -11.9. The average molecular weight is 320 g/mol. The lowest BCUT2D eigenvalue weighted by atomic mass is 10.1. The fourth-order valence-electron chi connectivity index (χ4n) is 1.43. The first-order valence-corrected chi connectivity index (χ1v) is 5.66. The summed E-state index contributed by atoms with van der Waals surface area (Å²) in [6.07, 6.45) is -5.64. The molecule has 2 heterocycles. The third-order valence-electron chi connectivity index (χ3n) is 2.39. The number of hydrogen-bond acceptors (Lipinski definition) is 3. The maximum atomic E-state index is 13.6. The van der Waals surface area contributed by atoms with Crippen molar-refractivity contribution in [2.45, 2.75) is 18.0 Å². The second-order valence-electron chi connectivity index (χ2n) is 3.68. The van der Waals surface area contributed by atoms with Crippen molar-refractivity contribution in [2.24, 2.45) is 0 Å². The highest BCUT2D eigenvalue weighted by Gasteiger charge is 2.74. The van der Waals surface area contributed by atoms with Gasteiger partial charge in [-0.15, -0.1) is 11.3 Å². The monoisotopic (exact) mass is 320 g/mol. The Hall–Kier alpha value is -1.65. The lowest BCUT2D eigenvalue weighted by molar-refractivity contribution is -0.360. The summed E-state index contributed by atoms with van der Waals surface area (Å²) >= 11 is 0.642. The van der Waals surface area contributed by atoms with Crippen molar-refractivity contribution >= 4 is 16.3 Å². The smallest absolute Gasteiger partial charge is 0.290 e. The molecule has 0 saturated heterocycles. The Labute approximate surface area is 109 Å². The molecule has 0 radical (unpaired) electrons. The van der Waals surface area contributed by atoms with Crippen LogP contribution in [-0.4, -0.2) is 21.5 Å². The van der Waals surface area contributed by atoms with Gasteiger partial charge in [0.05, 0.1) is 0 Å². The van der Waals surface area contributed by atoms with Crippen LogP contribution in [0.1, 0.15) is 5.69 Å². The molecule has 2 rings (SSSR count). The van der Waals surface area contributed by atoms with Gasteiger partial charge in [-0.25, -0.2) is 0 Å². The van der Waals surface area contributed by atoms with Crippen LogP contribution in [0.3, 0.4) is 0 Å². The Morgan fingerprint density at radius 1 is 1.10 bits per heavy atom. The molecular weight excluding hydrogens is 317 g/mol. The third kappa shape index (κ3) is 1.96. The lowest BCUT2D eigenvalue weighted by Crippen LogP contribution is -2.51. The summed E-state index contributed by atoms with van der Waals surface area (Å²) in [6, 6.07) is -0.0423. The molecule has 0 bridgehead atoms. The number of aromatic nitrogens is 2. The van der Waals surface area contributed by atoms with Gasteiger partial charge in [-0.3, -0.25) is 9.20 Å². The second kappa shape index (κ2) is 4.17. The number of rotatable bonds is 2. The van der Waals surface area contributed by atoms with E-state index in [1.54, 1.807) is 0 Å². The Kier molecular flexibility index (Phi) is 3.08. The first-order chi connectivity index (χ1) is 8.98. The molecule has 3 nitrogen and oxygen atoms in total. The normalized spacial score (nSPS) is 13.9. The van der Waals surface area contributed by atoms with Crippen LogP contribution < -0.4 is 5.56 Å². The molecule has 110 valence electrons. The molecule has 2 aromatic heterocycles. The SMILES string of the molecule is O=c1cc(C(F)(F)C(F)(F)C(F)(F)F)n2ccsc2n1. The molecule has 11 heteroatoms. The Morgan fingerprint density at radius 2 is 1.70 bits per heavy atom. The zero-order chi connectivity index (χ0) is 15.3. The summed E-state index contributed by atoms with van der Waals surface area (Å²) in [7, 11) is 0. The van der Waals surface area contributed by atoms with E-state index in [-0.39, 0.29) is 6.07 Å². The number of hydrogen-bond donors (Lipinski definition) is 0. The van der Waals surface area contributed by atoms with Gasteiger partial charge >= 0.3 is 18.0 Å². The molecule has 0 atom stereocenters. The second-order valence-corrected chi connectivity index (χ2v) is 4.55. The topological polar surface area (TPSA) is 34.4 Å². The van der Waals surface area contributed by atoms with E-state index in [0.29, 0.717) is 15.7 Å². The summed E-state index contributed by atoms with van der Waals surface area (Å²) in [5.41, 5.74) is -3.10. The van der Waals surface area contributed by atoms with Crippen molar-refractivity contribution in [2.75, 3.05) is 0 Å². The van der Waals surface area contributed by atoms with Crippen LogP contribution in [0.2, 0.25) is 0 Å². The number of fused-ring (bicyclic) bond motifs is 1. The van der Waals surface area contributed by atoms with Gasteiger partial charge in [0.25, 0.3) is 5.56 Å². The Balaban J connectivity index is 2.75. The molecule has 0 amide bonds. The summed E-state index contributed by atoms with van der Waals surface area (Å²) in [5, 5.41) is 1.12. The van der Waals surface area contributed by atoms with Crippen molar-refractivity contribution in [3.63, 3.8) is 0 Å². The Morgan fingerprint density at radius 3 is 2.25 bits per heavy atom. The molecule has 0 aliphatic heterocycles. The van der Waals surface area contributed by atoms with Crippen LogP contribution in [0.25, 0.3) is 4.96 Å². The highest BCUT2D eigenvalue weighted by Crippen LogP contribution is 2.51. The molecular formula is C9H3F7N2OS. The van der Waals surface area contributed by atoms with E-state index in [4.69, 9.17) is 0 Å². The van der Waals surface area contributed by atoms with Crippen LogP contribution >= 0.6 is 11.3 Å². The summed E-state index contributed by atoms with van der Waals surface area (Å²) in [6.45, 7) is 0. The molecule has 0 saturated carbocycles. The van der Waals surface area contributed by atoms with Crippen LogP contribution in [-0.2, 0) is 5.92 Å². The van der Waals surface area contributed by atoms with Crippen LogP contribution in [0.5, 0.6) is 0 Å². The molecule has 0 aliphatic rings. The largest absolute Gasteiger partial charge is 0.460 e. The highest BCUT2D eigenvalue weighted by molar-refractivity contribution is 7.15. The summed E-state index contributed by atoms with van der Waals surface area (Å²) in [4.78, 5) is 13.9. The molecule has 0 unspecified atom stereocenters. The van der Waals surface area contributed by atoms with Gasteiger partial charge in [0, 0.05) is 17.6 Å². The highest BCUT2D eigenvalue weighted by atomic mass is 32.1. The maximum absolute atomic E-state index is 13.6. The maximum Gasteiger partial charge on any atom is 0.460 e. The molecule has 0 aliphatic carbocycles. The van der Waals surface area contributed by atoms with Crippen molar-refractivity contribution in [3.8, 4) is 0 Å². The van der Waals surface area contributed by atoms with Crippen LogP contribution in [0.15, 0.2) is 22.4 Å². The number of thiazole rings is 1. The van der Waals surface area contributed by atoms with Gasteiger partial charge < -0.3 is 0 Å². The predicted molar refractivity (Wildman–Crippen MR) is 54.2 cm³/mol. The van der Waals surface area contributed by atoms with E-state index < -0.39 is 34.2 Å². The summed E-state index contributed by atoms with van der Waals surface area (Å²) < 4.78 is 89.7. The zero-order valence-electron chi connectivity index (χ0n) is 9.09. The van der Waals surface area contributed by atoms with E-state index in [1.807, 2.05) is 0 Å². The number of nitrogens with zero attached hydrogens (tertiary/aromatic N) is 2. The molecule has 0 fully saturated rings. The molecule has 20 heavy (non-hydrogen) atoms. The first-order valence-electron chi connectivity index (χ1n) is 4.78. The van der Waals surface area contributed by atoms with Gasteiger partial charge in [-0.2, -0.15) is 35.7 Å². The van der Waals surface area contributed by atoms with Crippen molar-refractivity contribution in [3.05, 3.63) is 33.7 Å². The van der Waals surface area contributed by atoms with Crippen molar-refractivity contribution in [1.82, 2.24) is 9.38 Å². The number of halogens is 7. The van der Waals surface area contributed by atoms with Gasteiger partial charge in [0.1, 0.15) is 5.69 Å². The van der Waals surface area contributed by atoms with Crippen molar-refractivity contribution < 1.29 is 30.7 Å². The van der Waals surface area contributed by atoms with E-state index in [2.05, 4.69) is 4.98 Å². The van der Waals surface area contributed by atoms with Gasteiger partial charge in [-0.1, -0.05) is 0 Å². The fraction of sp³-hybridized carbons (Fsp3) is 0.333. The van der Waals surface area contributed by atoms with Crippen molar-refractivity contribution in [1.29, 1.82) is 0 Å². The molecule has 0 aromatic carbocycles. The average Bonchev–Trinajstić information content (AvgIpc) is 2.73. The standard InChI is InChI=1S/C9H3F7N2OS/c10-7(11,8(12,13)9(14,15)16)4-3-5(19)17-6-18(4)1-2-20-6/h1-3H. The van der Waals surface area contributed by atoms with Crippen LogP contribution in [0.4, 0.5) is 30.7 Å². The van der Waals surface area contributed by atoms with E-state index in [9.17, 15) is 35.5 Å². The fourth-order valence-corrected chi connectivity index (χ4v) is 2.15. The molecule has 0 spiro atoms. The van der Waals surface area contributed by atoms with E-state index in [0.717, 1.165) is 11.6 Å². The quantitative estimate of drug-likeness (QED) is 0.797. The van der Waals surface area contributed by atoms with Gasteiger partial charge in [0.2, 0.25) is 0 Å². The lowest BCUT2D eigenvalue weighted by Gasteiger charge is -2.28. The van der Waals surface area contributed by atoms with Crippen LogP contribution in [0, 0.1) is 0 Å². The zero-order valence-corrected chi connectivity index (χ0v) is 9.91.